The molecule has 0 spiro atoms. The normalized spacial score (nSPS) is 21.1. The number of carboxylic acids is 1. The highest BCUT2D eigenvalue weighted by Crippen LogP contribution is 2.26. The fraction of sp³-hybridized carbons (Fsp3) is 0.462. The lowest BCUT2D eigenvalue weighted by molar-refractivity contribution is -0.144. The van der Waals surface area contributed by atoms with Crippen molar-refractivity contribution in [3.05, 3.63) is 30.1 Å². The van der Waals surface area contributed by atoms with Crippen molar-refractivity contribution in [2.24, 2.45) is 5.92 Å². The molecule has 0 bridgehead atoms. The molecule has 1 fully saturated rings. The number of likely N-dealkylation sites (tertiary alicyclic amines) is 1. The lowest BCUT2D eigenvalue weighted by Gasteiger charge is -2.27. The number of amides is 1. The molecule has 5 nitrogen and oxygen atoms in total. The van der Waals surface area contributed by atoms with E-state index < -0.39 is 11.9 Å². The van der Waals surface area contributed by atoms with Crippen molar-refractivity contribution in [2.45, 2.75) is 32.4 Å². The molecule has 0 aliphatic carbocycles. The summed E-state index contributed by atoms with van der Waals surface area (Å²) in [5, 5.41) is 9.06. The highest BCUT2D eigenvalue weighted by atomic mass is 16.4. The predicted octanol–water partition coefficient (Wildman–Crippen LogP) is 1.29. The smallest absolute Gasteiger partial charge is 0.308 e. The Balaban J connectivity index is 2.13. The summed E-state index contributed by atoms with van der Waals surface area (Å²) in [5.74, 6) is -1.39. The van der Waals surface area contributed by atoms with E-state index in [0.29, 0.717) is 19.4 Å². The van der Waals surface area contributed by atoms with Crippen LogP contribution in [-0.4, -0.2) is 32.9 Å². The van der Waals surface area contributed by atoms with E-state index in [2.05, 4.69) is 4.98 Å². The third kappa shape index (κ3) is 2.50. The number of aliphatic carboxylic acids is 1. The van der Waals surface area contributed by atoms with E-state index >= 15 is 0 Å². The van der Waals surface area contributed by atoms with E-state index in [0.717, 1.165) is 5.69 Å². The Morgan fingerprint density at radius 3 is 3.00 bits per heavy atom. The number of nitrogens with zero attached hydrogens (tertiary/aromatic N) is 2. The van der Waals surface area contributed by atoms with Gasteiger partial charge in [-0.1, -0.05) is 6.07 Å². The minimum absolute atomic E-state index is 0.0127. The monoisotopic (exact) mass is 248 g/mol. The van der Waals surface area contributed by atoms with Crippen LogP contribution in [0, 0.1) is 5.92 Å². The van der Waals surface area contributed by atoms with Crippen molar-refractivity contribution in [1.29, 1.82) is 0 Å². The highest BCUT2D eigenvalue weighted by Gasteiger charge is 2.37. The second-order valence-corrected chi connectivity index (χ2v) is 4.58. The molecule has 5 heteroatoms. The maximum Gasteiger partial charge on any atom is 0.308 e. The Hall–Kier alpha value is -1.91. The summed E-state index contributed by atoms with van der Waals surface area (Å²) >= 11 is 0. The molecule has 1 saturated heterocycles. The third-order valence-corrected chi connectivity index (χ3v) is 3.40. The zero-order valence-electron chi connectivity index (χ0n) is 10.2. The van der Waals surface area contributed by atoms with Gasteiger partial charge in [-0.2, -0.15) is 0 Å². The molecule has 2 atom stereocenters. The van der Waals surface area contributed by atoms with Crippen LogP contribution >= 0.6 is 0 Å². The van der Waals surface area contributed by atoms with Gasteiger partial charge in [0.2, 0.25) is 5.91 Å². The van der Waals surface area contributed by atoms with Crippen LogP contribution in [0.25, 0.3) is 0 Å². The maximum atomic E-state index is 11.8. The molecule has 0 radical (unpaired) electrons. The fourth-order valence-electron chi connectivity index (χ4n) is 2.31. The second kappa shape index (κ2) is 5.16. The van der Waals surface area contributed by atoms with Gasteiger partial charge in [0.15, 0.2) is 0 Å². The fourth-order valence-corrected chi connectivity index (χ4v) is 2.31. The van der Waals surface area contributed by atoms with Crippen LogP contribution in [-0.2, 0) is 16.1 Å². The summed E-state index contributed by atoms with van der Waals surface area (Å²) in [7, 11) is 0. The summed E-state index contributed by atoms with van der Waals surface area (Å²) < 4.78 is 0. The predicted molar refractivity (Wildman–Crippen MR) is 64.6 cm³/mol. The maximum absolute atomic E-state index is 11.8. The second-order valence-electron chi connectivity index (χ2n) is 4.58. The van der Waals surface area contributed by atoms with Crippen molar-refractivity contribution in [3.8, 4) is 0 Å². The SMILES string of the molecule is CC(C(=O)O)C1CCC(=O)N1Cc1ccccn1. The average molecular weight is 248 g/mol. The molecule has 2 unspecified atom stereocenters. The van der Waals surface area contributed by atoms with Crippen LogP contribution in [0.4, 0.5) is 0 Å². The number of carbonyl (C=O) groups is 2. The zero-order chi connectivity index (χ0) is 13.1. The molecule has 1 aliphatic rings. The third-order valence-electron chi connectivity index (χ3n) is 3.40. The highest BCUT2D eigenvalue weighted by molar-refractivity contribution is 5.80. The van der Waals surface area contributed by atoms with Crippen LogP contribution in [0.5, 0.6) is 0 Å². The molecule has 1 amide bonds. The van der Waals surface area contributed by atoms with Gasteiger partial charge in [-0.25, -0.2) is 0 Å². The summed E-state index contributed by atoms with van der Waals surface area (Å²) in [6, 6.07) is 5.29. The molecule has 0 saturated carbocycles. The average Bonchev–Trinajstić information content (AvgIpc) is 2.71. The number of carboxylic acid groups (broad SMARTS) is 1. The van der Waals surface area contributed by atoms with Crippen LogP contribution in [0.2, 0.25) is 0 Å². The molecular weight excluding hydrogens is 232 g/mol. The van der Waals surface area contributed by atoms with E-state index in [-0.39, 0.29) is 11.9 Å². The minimum Gasteiger partial charge on any atom is -0.481 e. The van der Waals surface area contributed by atoms with Crippen molar-refractivity contribution in [3.63, 3.8) is 0 Å². The molecule has 1 N–H and O–H groups in total. The molecule has 18 heavy (non-hydrogen) atoms. The lowest BCUT2D eigenvalue weighted by atomic mass is 10.00. The van der Waals surface area contributed by atoms with Crippen LogP contribution < -0.4 is 0 Å². The summed E-state index contributed by atoms with van der Waals surface area (Å²) in [6.45, 7) is 2.04. The van der Waals surface area contributed by atoms with Gasteiger partial charge in [0.25, 0.3) is 0 Å². The number of carbonyl (C=O) groups excluding carboxylic acids is 1. The summed E-state index contributed by atoms with van der Waals surface area (Å²) in [6.07, 6.45) is 2.71. The van der Waals surface area contributed by atoms with Gasteiger partial charge in [-0.3, -0.25) is 14.6 Å². The Labute approximate surface area is 105 Å². The number of pyridine rings is 1. The zero-order valence-corrected chi connectivity index (χ0v) is 10.2. The molecule has 1 aromatic heterocycles. The number of aromatic nitrogens is 1. The van der Waals surface area contributed by atoms with Crippen LogP contribution in [0.3, 0.4) is 0 Å². The lowest BCUT2D eigenvalue weighted by Crippen LogP contribution is -2.39. The van der Waals surface area contributed by atoms with Crippen molar-refractivity contribution in [2.75, 3.05) is 0 Å². The van der Waals surface area contributed by atoms with E-state index in [9.17, 15) is 9.59 Å². The van der Waals surface area contributed by atoms with Gasteiger partial charge in [-0.15, -0.1) is 0 Å². The van der Waals surface area contributed by atoms with Crippen molar-refractivity contribution in [1.82, 2.24) is 9.88 Å². The number of hydrogen-bond acceptors (Lipinski definition) is 3. The van der Waals surface area contributed by atoms with E-state index in [1.807, 2.05) is 18.2 Å². The first-order valence-electron chi connectivity index (χ1n) is 6.02. The molecule has 2 heterocycles. The van der Waals surface area contributed by atoms with E-state index in [4.69, 9.17) is 5.11 Å². The van der Waals surface area contributed by atoms with Crippen LogP contribution in [0.1, 0.15) is 25.5 Å². The van der Waals surface area contributed by atoms with Crippen LogP contribution in [0.15, 0.2) is 24.4 Å². The van der Waals surface area contributed by atoms with Gasteiger partial charge >= 0.3 is 5.97 Å². The number of hydrogen-bond donors (Lipinski definition) is 1. The minimum atomic E-state index is -0.860. The largest absolute Gasteiger partial charge is 0.481 e. The molecule has 1 aliphatic heterocycles. The summed E-state index contributed by atoms with van der Waals surface area (Å²) in [4.78, 5) is 28.7. The quantitative estimate of drug-likeness (QED) is 0.871. The van der Waals surface area contributed by atoms with Gasteiger partial charge < -0.3 is 10.0 Å². The Morgan fingerprint density at radius 1 is 1.61 bits per heavy atom. The molecule has 1 aromatic rings. The Morgan fingerprint density at radius 2 is 2.39 bits per heavy atom. The topological polar surface area (TPSA) is 70.5 Å². The van der Waals surface area contributed by atoms with Crippen molar-refractivity contribution < 1.29 is 14.7 Å². The van der Waals surface area contributed by atoms with Gasteiger partial charge in [0.1, 0.15) is 0 Å². The van der Waals surface area contributed by atoms with E-state index in [1.165, 1.54) is 0 Å². The molecular formula is C13H16N2O3. The standard InChI is InChI=1S/C13H16N2O3/c1-9(13(17)18)11-5-6-12(16)15(11)8-10-4-2-3-7-14-10/h2-4,7,9,11H,5-6,8H2,1H3,(H,17,18). The molecule has 0 aromatic carbocycles. The Bertz CT molecular complexity index is 447. The van der Waals surface area contributed by atoms with Gasteiger partial charge in [0.05, 0.1) is 18.2 Å². The van der Waals surface area contributed by atoms with Gasteiger partial charge in [-0.05, 0) is 25.5 Å². The van der Waals surface area contributed by atoms with E-state index in [1.54, 1.807) is 18.0 Å². The van der Waals surface area contributed by atoms with Gasteiger partial charge in [0, 0.05) is 18.7 Å². The van der Waals surface area contributed by atoms with Crippen molar-refractivity contribution >= 4 is 11.9 Å². The number of rotatable bonds is 4. The first-order chi connectivity index (χ1) is 8.59. The molecule has 96 valence electrons. The first kappa shape index (κ1) is 12.5. The summed E-state index contributed by atoms with van der Waals surface area (Å²) in [5.41, 5.74) is 0.787. The Kier molecular flexibility index (Phi) is 3.60. The first-order valence-corrected chi connectivity index (χ1v) is 6.02. The molecule has 2 rings (SSSR count).